The van der Waals surface area contributed by atoms with E-state index in [1.54, 1.807) is 28.2 Å². The van der Waals surface area contributed by atoms with Gasteiger partial charge in [-0.3, -0.25) is 4.57 Å². The molecule has 0 bridgehead atoms. The molecule has 3 rings (SSSR count). The van der Waals surface area contributed by atoms with Gasteiger partial charge in [0.05, 0.1) is 25.6 Å². The number of rotatable bonds is 24. The van der Waals surface area contributed by atoms with Gasteiger partial charge in [0.2, 0.25) is 0 Å². The van der Waals surface area contributed by atoms with Crippen LogP contribution >= 0.6 is 29.4 Å². The fourth-order valence-corrected chi connectivity index (χ4v) is 9.63. The SMILES string of the molecule is C[C@H](Cn1cnc2c(N)ncnc21)OCP(=O)(O)OCCCSCCCCCCCCCCCCCS1(C)CCC1. The van der Waals surface area contributed by atoms with E-state index in [1.807, 2.05) is 18.7 Å². The Morgan fingerprint density at radius 2 is 1.63 bits per heavy atom. The van der Waals surface area contributed by atoms with Crippen molar-refractivity contribution in [3.8, 4) is 0 Å². The summed E-state index contributed by atoms with van der Waals surface area (Å²) in [6.45, 7) is 2.51. The van der Waals surface area contributed by atoms with E-state index in [9.17, 15) is 9.46 Å². The van der Waals surface area contributed by atoms with Crippen molar-refractivity contribution in [1.29, 1.82) is 0 Å². The first-order chi connectivity index (χ1) is 19.8. The van der Waals surface area contributed by atoms with Gasteiger partial charge in [-0.2, -0.15) is 11.8 Å². The smallest absolute Gasteiger partial charge is 0.353 e. The van der Waals surface area contributed by atoms with Crippen molar-refractivity contribution in [2.24, 2.45) is 0 Å². The Balaban J connectivity index is 1.07. The number of unbranched alkanes of at least 4 members (excludes halogenated alkanes) is 10. The number of anilines is 1. The molecule has 1 aliphatic heterocycles. The summed E-state index contributed by atoms with van der Waals surface area (Å²) in [6, 6.07) is 0. The normalized spacial score (nSPS) is 17.7. The van der Waals surface area contributed by atoms with Gasteiger partial charge in [0.25, 0.3) is 0 Å². The molecule has 0 saturated carbocycles. The Labute approximate surface area is 253 Å². The van der Waals surface area contributed by atoms with E-state index in [2.05, 4.69) is 21.2 Å². The van der Waals surface area contributed by atoms with Crippen LogP contribution in [0.25, 0.3) is 11.2 Å². The highest BCUT2D eigenvalue weighted by Gasteiger charge is 2.25. The fraction of sp³-hybridized carbons (Fsp3) is 0.828. The summed E-state index contributed by atoms with van der Waals surface area (Å²) in [7, 11) is -3.91. The molecule has 0 radical (unpaired) electrons. The van der Waals surface area contributed by atoms with Gasteiger partial charge in [0, 0.05) is 0 Å². The van der Waals surface area contributed by atoms with Gasteiger partial charge in [-0.1, -0.05) is 57.8 Å². The zero-order chi connectivity index (χ0) is 29.4. The molecule has 3 heterocycles. The second kappa shape index (κ2) is 18.7. The average Bonchev–Trinajstić information content (AvgIpc) is 3.34. The molecule has 2 aromatic heterocycles. The monoisotopic (exact) mass is 631 g/mol. The van der Waals surface area contributed by atoms with Gasteiger partial charge in [-0.15, -0.1) is 0 Å². The summed E-state index contributed by atoms with van der Waals surface area (Å²) in [4.78, 5) is 22.5. The Hall–Kier alpha value is -0.840. The second-order valence-corrected chi connectivity index (χ2v) is 18.9. The lowest BCUT2D eigenvalue weighted by Gasteiger charge is -2.44. The van der Waals surface area contributed by atoms with Gasteiger partial charge < -0.3 is 24.5 Å². The number of hydrogen-bond donors (Lipinski definition) is 2. The number of aromatic nitrogens is 4. The topological polar surface area (TPSA) is 125 Å². The molecule has 1 fully saturated rings. The molecule has 236 valence electrons. The van der Waals surface area contributed by atoms with Crippen LogP contribution in [0.15, 0.2) is 12.7 Å². The van der Waals surface area contributed by atoms with Crippen molar-refractivity contribution in [3.05, 3.63) is 12.7 Å². The first kappa shape index (κ1) is 34.6. The van der Waals surface area contributed by atoms with E-state index in [1.165, 1.54) is 83.4 Å². The Morgan fingerprint density at radius 3 is 2.29 bits per heavy atom. The van der Waals surface area contributed by atoms with Crippen LogP contribution in [0.4, 0.5) is 5.82 Å². The van der Waals surface area contributed by atoms with E-state index in [4.69, 9.17) is 15.0 Å². The predicted molar refractivity (Wildman–Crippen MR) is 176 cm³/mol. The number of nitrogens with zero attached hydrogens (tertiary/aromatic N) is 4. The molecule has 12 heteroatoms. The molecule has 41 heavy (non-hydrogen) atoms. The Bertz CT molecular complexity index is 1060. The summed E-state index contributed by atoms with van der Waals surface area (Å²) < 4.78 is 25.0. The number of thioether (sulfide) groups is 1. The largest absolute Gasteiger partial charge is 0.382 e. The first-order valence-corrected chi connectivity index (χ1v) is 21.0. The average molecular weight is 632 g/mol. The zero-order valence-electron chi connectivity index (χ0n) is 25.4. The highest BCUT2D eigenvalue weighted by atomic mass is 32.3. The lowest BCUT2D eigenvalue weighted by atomic mass is 10.1. The number of nitrogens with two attached hydrogens (primary N) is 1. The number of nitrogen functional groups attached to an aromatic ring is 1. The number of hydrogen-bond acceptors (Lipinski definition) is 8. The molecular formula is C29H54N5O4PS2. The summed E-state index contributed by atoms with van der Waals surface area (Å²) in [5.74, 6) is 7.05. The van der Waals surface area contributed by atoms with Crippen LogP contribution in [-0.2, 0) is 20.4 Å². The third kappa shape index (κ3) is 13.6. The third-order valence-corrected chi connectivity index (χ3v) is 13.9. The minimum atomic E-state index is -3.79. The zero-order valence-corrected chi connectivity index (χ0v) is 27.9. The summed E-state index contributed by atoms with van der Waals surface area (Å²) in [5, 5.41) is 0. The van der Waals surface area contributed by atoms with Crippen molar-refractivity contribution in [2.75, 3.05) is 53.7 Å². The maximum Gasteiger partial charge on any atom is 0.353 e. The van der Waals surface area contributed by atoms with E-state index < -0.39 is 7.60 Å². The molecule has 0 aromatic carbocycles. The van der Waals surface area contributed by atoms with Crippen molar-refractivity contribution in [2.45, 2.75) is 103 Å². The number of ether oxygens (including phenoxy) is 1. The molecule has 2 atom stereocenters. The van der Waals surface area contributed by atoms with E-state index in [-0.39, 0.29) is 29.1 Å². The highest BCUT2D eigenvalue weighted by Crippen LogP contribution is 2.53. The van der Waals surface area contributed by atoms with Gasteiger partial charge in [-0.25, -0.2) is 25.0 Å². The van der Waals surface area contributed by atoms with E-state index >= 15 is 0 Å². The molecule has 2 aromatic rings. The molecule has 0 aliphatic carbocycles. The maximum absolute atomic E-state index is 12.3. The summed E-state index contributed by atoms with van der Waals surface area (Å²) in [6.07, 6.45) is 22.4. The van der Waals surface area contributed by atoms with Gasteiger partial charge in [-0.05, 0) is 67.6 Å². The minimum absolute atomic E-state index is 0.119. The second-order valence-electron chi connectivity index (χ2n) is 11.7. The molecule has 0 spiro atoms. The summed E-state index contributed by atoms with van der Waals surface area (Å²) in [5.41, 5.74) is 6.96. The lowest BCUT2D eigenvalue weighted by molar-refractivity contribution is 0.0718. The van der Waals surface area contributed by atoms with Crippen molar-refractivity contribution >= 4 is 46.4 Å². The van der Waals surface area contributed by atoms with Crippen LogP contribution in [0.3, 0.4) is 0 Å². The van der Waals surface area contributed by atoms with Crippen molar-refractivity contribution < 1.29 is 18.7 Å². The van der Waals surface area contributed by atoms with Gasteiger partial charge in [0.15, 0.2) is 11.5 Å². The minimum Gasteiger partial charge on any atom is -0.382 e. The molecule has 1 unspecified atom stereocenters. The third-order valence-electron chi connectivity index (χ3n) is 7.83. The maximum atomic E-state index is 12.3. The first-order valence-electron chi connectivity index (χ1n) is 15.6. The van der Waals surface area contributed by atoms with Crippen LogP contribution in [-0.4, -0.2) is 78.5 Å². The Morgan fingerprint density at radius 1 is 1.00 bits per heavy atom. The van der Waals surface area contributed by atoms with Crippen molar-refractivity contribution in [3.63, 3.8) is 0 Å². The number of fused-ring (bicyclic) bond motifs is 1. The van der Waals surface area contributed by atoms with Crippen LogP contribution in [0, 0.1) is 0 Å². The summed E-state index contributed by atoms with van der Waals surface area (Å²) >= 11 is 1.90. The Kier molecular flexibility index (Phi) is 15.8. The van der Waals surface area contributed by atoms with Crippen LogP contribution < -0.4 is 5.73 Å². The predicted octanol–water partition coefficient (Wildman–Crippen LogP) is 7.23. The van der Waals surface area contributed by atoms with Gasteiger partial charge >= 0.3 is 7.60 Å². The van der Waals surface area contributed by atoms with Crippen LogP contribution in [0.1, 0.15) is 90.4 Å². The molecule has 1 saturated heterocycles. The molecule has 1 aliphatic rings. The van der Waals surface area contributed by atoms with E-state index in [0.717, 1.165) is 17.9 Å². The number of imidazole rings is 1. The van der Waals surface area contributed by atoms with Gasteiger partial charge in [0.1, 0.15) is 18.2 Å². The highest BCUT2D eigenvalue weighted by molar-refractivity contribution is 8.34. The molecule has 3 N–H and O–H groups in total. The quantitative estimate of drug-likeness (QED) is 0.0912. The van der Waals surface area contributed by atoms with Crippen LogP contribution in [0.2, 0.25) is 0 Å². The molecule has 0 amide bonds. The van der Waals surface area contributed by atoms with Crippen molar-refractivity contribution in [1.82, 2.24) is 19.5 Å². The lowest BCUT2D eigenvalue weighted by Crippen LogP contribution is -2.22. The fourth-order valence-electron chi connectivity index (χ4n) is 5.18. The van der Waals surface area contributed by atoms with E-state index in [0.29, 0.717) is 23.5 Å². The van der Waals surface area contributed by atoms with Crippen LogP contribution in [0.5, 0.6) is 0 Å². The molecule has 9 nitrogen and oxygen atoms in total. The molecular weight excluding hydrogens is 577 g/mol. The standard InChI is InChI=1S/C29H54N5O4PS2/c1-26(22-34-24-33-27-28(30)31-23-32-29(27)34)37-25-39(35,36)38-16-14-18-40-17-12-10-8-6-4-3-5-7-9-11-13-19-41(2)20-15-21-41/h23-24,26H,3-22,25H2,1-2H3,(H,35,36)(H2,30,31,32)/t26-/m1/s1.